The highest BCUT2D eigenvalue weighted by Gasteiger charge is 2.29. The Morgan fingerprint density at radius 3 is 2.62 bits per heavy atom. The zero-order chi connectivity index (χ0) is 21.7. The van der Waals surface area contributed by atoms with E-state index >= 15 is 0 Å². The first kappa shape index (κ1) is 23.2. The molecule has 164 valence electrons. The van der Waals surface area contributed by atoms with Crippen LogP contribution < -0.4 is 5.32 Å². The number of imidazole rings is 1. The lowest BCUT2D eigenvalue weighted by Crippen LogP contribution is -2.33. The number of carbonyl (C=O) groups is 2. The second kappa shape index (κ2) is 9.61. The summed E-state index contributed by atoms with van der Waals surface area (Å²) in [5.41, 5.74) is -0.378. The standard InChI is InChI=1S/C21H35N3O5/c1-20(2,3)29-19(27)22-11-5-6-15(18(25)26)12-16-13-24(14-23-16)17-7-9-21(4,28)10-8-17/h13-15,17,28H,5-12H2,1-4H3,(H,22,27)(H,25,26). The number of carboxylic acids is 1. The Labute approximate surface area is 172 Å². The van der Waals surface area contributed by atoms with Crippen LogP contribution in [0.3, 0.4) is 0 Å². The average Bonchev–Trinajstić information content (AvgIpc) is 3.04. The Morgan fingerprint density at radius 2 is 2.03 bits per heavy atom. The van der Waals surface area contributed by atoms with Crippen LogP contribution in [0.4, 0.5) is 4.79 Å². The molecule has 1 heterocycles. The predicted octanol–water partition coefficient (Wildman–Crippen LogP) is 3.30. The van der Waals surface area contributed by atoms with Crippen LogP contribution in [0.15, 0.2) is 12.5 Å². The number of nitrogens with zero attached hydrogens (tertiary/aromatic N) is 2. The number of carbonyl (C=O) groups excluding carboxylic acids is 1. The van der Waals surface area contributed by atoms with E-state index in [4.69, 9.17) is 4.74 Å². The van der Waals surface area contributed by atoms with Crippen LogP contribution in [0.25, 0.3) is 0 Å². The van der Waals surface area contributed by atoms with Crippen molar-refractivity contribution in [3.8, 4) is 0 Å². The van der Waals surface area contributed by atoms with Gasteiger partial charge in [0.1, 0.15) is 5.60 Å². The van der Waals surface area contributed by atoms with Gasteiger partial charge in [0.25, 0.3) is 0 Å². The fourth-order valence-electron chi connectivity index (χ4n) is 3.63. The van der Waals surface area contributed by atoms with Crippen molar-refractivity contribution in [1.29, 1.82) is 0 Å². The highest BCUT2D eigenvalue weighted by atomic mass is 16.6. The summed E-state index contributed by atoms with van der Waals surface area (Å²) in [7, 11) is 0. The molecule has 1 aliphatic carbocycles. The summed E-state index contributed by atoms with van der Waals surface area (Å²) in [5, 5.41) is 22.3. The van der Waals surface area contributed by atoms with Crippen molar-refractivity contribution in [3.63, 3.8) is 0 Å². The molecule has 8 heteroatoms. The number of nitrogens with one attached hydrogen (secondary N) is 1. The van der Waals surface area contributed by atoms with E-state index in [9.17, 15) is 19.8 Å². The van der Waals surface area contributed by atoms with E-state index < -0.39 is 29.2 Å². The smallest absolute Gasteiger partial charge is 0.407 e. The SMILES string of the molecule is CC1(O)CCC(n2cnc(CC(CCCNC(=O)OC(C)(C)C)C(=O)O)c2)CC1. The maximum Gasteiger partial charge on any atom is 0.407 e. The van der Waals surface area contributed by atoms with Crippen molar-refractivity contribution < 1.29 is 24.5 Å². The van der Waals surface area contributed by atoms with E-state index in [1.807, 2.05) is 17.7 Å². The van der Waals surface area contributed by atoms with Crippen LogP contribution in [0.1, 0.15) is 78.0 Å². The summed E-state index contributed by atoms with van der Waals surface area (Å²) < 4.78 is 7.22. The lowest BCUT2D eigenvalue weighted by Gasteiger charge is -2.33. The molecule has 0 saturated heterocycles. The van der Waals surface area contributed by atoms with Crippen LogP contribution in [0.2, 0.25) is 0 Å². The molecule has 3 N–H and O–H groups in total. The summed E-state index contributed by atoms with van der Waals surface area (Å²) >= 11 is 0. The second-order valence-electron chi connectivity index (χ2n) is 9.35. The molecule has 1 aromatic rings. The van der Waals surface area contributed by atoms with Gasteiger partial charge in [0.15, 0.2) is 0 Å². The molecule has 0 aromatic carbocycles. The highest BCUT2D eigenvalue weighted by molar-refractivity contribution is 5.70. The van der Waals surface area contributed by atoms with Crippen LogP contribution in [-0.2, 0) is 16.0 Å². The minimum absolute atomic E-state index is 0.304. The van der Waals surface area contributed by atoms with Crippen molar-refractivity contribution in [1.82, 2.24) is 14.9 Å². The van der Waals surface area contributed by atoms with Crippen molar-refractivity contribution in [2.24, 2.45) is 5.92 Å². The van der Waals surface area contributed by atoms with Gasteiger partial charge in [-0.3, -0.25) is 4.79 Å². The molecule has 0 bridgehead atoms. The topological polar surface area (TPSA) is 114 Å². The molecular weight excluding hydrogens is 374 g/mol. The van der Waals surface area contributed by atoms with E-state index in [2.05, 4.69) is 10.3 Å². The molecule has 29 heavy (non-hydrogen) atoms. The average molecular weight is 410 g/mol. The number of ether oxygens (including phenoxy) is 1. The first-order chi connectivity index (χ1) is 13.5. The van der Waals surface area contributed by atoms with Crippen molar-refractivity contribution in [2.45, 2.75) is 89.9 Å². The van der Waals surface area contributed by atoms with E-state index in [-0.39, 0.29) is 0 Å². The monoisotopic (exact) mass is 409 g/mol. The molecule has 0 aliphatic heterocycles. The van der Waals surface area contributed by atoms with Crippen molar-refractivity contribution >= 4 is 12.1 Å². The number of amides is 1. The molecule has 1 aromatic heterocycles. The van der Waals surface area contributed by atoms with Gasteiger partial charge in [0, 0.05) is 25.2 Å². The number of aliphatic hydroxyl groups is 1. The van der Waals surface area contributed by atoms with Gasteiger partial charge >= 0.3 is 12.1 Å². The van der Waals surface area contributed by atoms with Crippen LogP contribution in [0.5, 0.6) is 0 Å². The molecule has 1 fully saturated rings. The summed E-state index contributed by atoms with van der Waals surface area (Å²) in [4.78, 5) is 27.7. The van der Waals surface area contributed by atoms with Crippen LogP contribution in [-0.4, -0.2) is 49.6 Å². The van der Waals surface area contributed by atoms with Gasteiger partial charge in [-0.05, 0) is 66.2 Å². The summed E-state index contributed by atoms with van der Waals surface area (Å²) in [5.74, 6) is -1.41. The third-order valence-electron chi connectivity index (χ3n) is 5.31. The molecular formula is C21H35N3O5. The molecule has 8 nitrogen and oxygen atoms in total. The second-order valence-corrected chi connectivity index (χ2v) is 9.35. The molecule has 2 rings (SSSR count). The summed E-state index contributed by atoms with van der Waals surface area (Å²) in [6.45, 7) is 7.62. The molecule has 0 radical (unpaired) electrons. The fraction of sp³-hybridized carbons (Fsp3) is 0.762. The summed E-state index contributed by atoms with van der Waals surface area (Å²) in [6.07, 6.45) is 7.86. The number of carboxylic acid groups (broad SMARTS) is 1. The number of alkyl carbamates (subject to hydrolysis) is 1. The van der Waals surface area contributed by atoms with Gasteiger partial charge in [-0.2, -0.15) is 0 Å². The van der Waals surface area contributed by atoms with Crippen LogP contribution >= 0.6 is 0 Å². The third-order valence-corrected chi connectivity index (χ3v) is 5.31. The van der Waals surface area contributed by atoms with Gasteiger partial charge in [0.2, 0.25) is 0 Å². The van der Waals surface area contributed by atoms with Crippen LogP contribution in [0, 0.1) is 5.92 Å². The van der Waals surface area contributed by atoms with Gasteiger partial charge < -0.3 is 24.8 Å². The molecule has 1 saturated carbocycles. The minimum Gasteiger partial charge on any atom is -0.481 e. The van der Waals surface area contributed by atoms with E-state index in [1.165, 1.54) is 0 Å². The lowest BCUT2D eigenvalue weighted by atomic mass is 9.83. The van der Waals surface area contributed by atoms with Crippen molar-refractivity contribution in [3.05, 3.63) is 18.2 Å². The van der Waals surface area contributed by atoms with Gasteiger partial charge in [0.05, 0.1) is 23.5 Å². The minimum atomic E-state index is -0.856. The maximum absolute atomic E-state index is 11.6. The maximum atomic E-state index is 11.6. The first-order valence-electron chi connectivity index (χ1n) is 10.4. The Bertz CT molecular complexity index is 683. The summed E-state index contributed by atoms with van der Waals surface area (Å²) in [6, 6.07) is 0.304. The molecule has 1 amide bonds. The largest absolute Gasteiger partial charge is 0.481 e. The van der Waals surface area contributed by atoms with E-state index in [1.54, 1.807) is 27.1 Å². The van der Waals surface area contributed by atoms with Gasteiger partial charge in [-0.15, -0.1) is 0 Å². The zero-order valence-electron chi connectivity index (χ0n) is 18.0. The zero-order valence-corrected chi connectivity index (χ0v) is 18.0. The number of aromatic nitrogens is 2. The fourth-order valence-corrected chi connectivity index (χ4v) is 3.63. The Morgan fingerprint density at radius 1 is 1.38 bits per heavy atom. The number of aliphatic carboxylic acids is 1. The number of hydrogen-bond acceptors (Lipinski definition) is 5. The van der Waals surface area contributed by atoms with E-state index in [0.29, 0.717) is 31.8 Å². The molecule has 1 unspecified atom stereocenters. The van der Waals surface area contributed by atoms with Gasteiger partial charge in [-0.1, -0.05) is 0 Å². The predicted molar refractivity (Wildman–Crippen MR) is 109 cm³/mol. The van der Waals surface area contributed by atoms with Gasteiger partial charge in [-0.25, -0.2) is 9.78 Å². The molecule has 1 atom stereocenters. The van der Waals surface area contributed by atoms with E-state index in [0.717, 1.165) is 31.4 Å². The quantitative estimate of drug-likeness (QED) is 0.568. The Kier molecular flexibility index (Phi) is 7.68. The normalized spacial score (nSPS) is 23.4. The Balaban J connectivity index is 1.80. The molecule has 1 aliphatic rings. The highest BCUT2D eigenvalue weighted by Crippen LogP contribution is 2.34. The lowest BCUT2D eigenvalue weighted by molar-refractivity contribution is -0.142. The van der Waals surface area contributed by atoms with Crippen molar-refractivity contribution in [2.75, 3.05) is 6.54 Å². The first-order valence-corrected chi connectivity index (χ1v) is 10.4. The number of rotatable bonds is 8. The Hall–Kier alpha value is -2.09. The number of hydrogen-bond donors (Lipinski definition) is 3. The third kappa shape index (κ3) is 8.04. The molecule has 0 spiro atoms.